The van der Waals surface area contributed by atoms with Gasteiger partial charge < -0.3 is 20.1 Å². The van der Waals surface area contributed by atoms with E-state index in [2.05, 4.69) is 13.8 Å². The van der Waals surface area contributed by atoms with Gasteiger partial charge in [0.15, 0.2) is 0 Å². The molecular formula is C23H34O5. The van der Waals surface area contributed by atoms with Crippen molar-refractivity contribution in [1.82, 2.24) is 0 Å². The minimum absolute atomic E-state index is 0.170. The number of rotatable bonds is 1. The van der Waals surface area contributed by atoms with Crippen LogP contribution in [0.1, 0.15) is 65.2 Å². The lowest BCUT2D eigenvalue weighted by Crippen LogP contribution is -2.62. The molecule has 9 atom stereocenters. The largest absolute Gasteiger partial charge is 0.458 e. The van der Waals surface area contributed by atoms with Crippen molar-refractivity contribution >= 4 is 5.97 Å². The first kappa shape index (κ1) is 19.1. The zero-order valence-corrected chi connectivity index (χ0v) is 17.1. The third-order valence-corrected chi connectivity index (χ3v) is 9.92. The molecule has 5 rings (SSSR count). The molecule has 0 amide bonds. The van der Waals surface area contributed by atoms with Crippen molar-refractivity contribution in [1.29, 1.82) is 0 Å². The summed E-state index contributed by atoms with van der Waals surface area (Å²) in [5.74, 6) is 0.627. The Morgan fingerprint density at radius 2 is 1.86 bits per heavy atom. The van der Waals surface area contributed by atoms with Gasteiger partial charge in [-0.25, -0.2) is 4.79 Å². The molecule has 156 valence electrons. The van der Waals surface area contributed by atoms with Gasteiger partial charge in [0.25, 0.3) is 0 Å². The average Bonchev–Trinajstić information content (AvgIpc) is 3.13. The molecule has 0 unspecified atom stereocenters. The summed E-state index contributed by atoms with van der Waals surface area (Å²) in [4.78, 5) is 11.7. The van der Waals surface area contributed by atoms with Crippen LogP contribution in [0.25, 0.3) is 0 Å². The molecule has 3 N–H and O–H groups in total. The third kappa shape index (κ3) is 2.33. The van der Waals surface area contributed by atoms with Crippen molar-refractivity contribution in [3.63, 3.8) is 0 Å². The number of cyclic esters (lactones) is 1. The number of hydrogen-bond donors (Lipinski definition) is 3. The molecule has 0 radical (unpaired) electrons. The maximum Gasteiger partial charge on any atom is 0.331 e. The maximum atomic E-state index is 12.1. The van der Waals surface area contributed by atoms with Crippen LogP contribution in [0.3, 0.4) is 0 Å². The Morgan fingerprint density at radius 3 is 2.57 bits per heavy atom. The standard InChI is InChI=1S/C23H34O5/c1-21-7-5-15(24)10-14(21)3-4-17-16(21)6-8-22(2)20(13-9-19(26)28-12-13)18(25)11-23(17,22)27/h9,14-18,20,24-25,27H,3-8,10-12H2,1-2H3/t14-,15+,16-,17+,18+,20+,21+,22+,23-/m0/s1. The van der Waals surface area contributed by atoms with Gasteiger partial charge in [0.1, 0.15) is 6.61 Å². The third-order valence-electron chi connectivity index (χ3n) is 9.92. The second-order valence-corrected chi connectivity index (χ2v) is 10.9. The molecule has 0 bridgehead atoms. The van der Waals surface area contributed by atoms with E-state index < -0.39 is 17.1 Å². The summed E-state index contributed by atoms with van der Waals surface area (Å²) in [6.07, 6.45) is 7.87. The number of carbonyl (C=O) groups is 1. The highest BCUT2D eigenvalue weighted by Gasteiger charge is 2.70. The minimum atomic E-state index is -0.906. The Kier molecular flexibility index (Phi) is 4.12. The normalized spacial score (nSPS) is 55.8. The zero-order chi connectivity index (χ0) is 19.9. The smallest absolute Gasteiger partial charge is 0.331 e. The number of hydrogen-bond acceptors (Lipinski definition) is 5. The molecule has 0 spiro atoms. The molecule has 4 saturated carbocycles. The van der Waals surface area contributed by atoms with Crippen LogP contribution in [-0.2, 0) is 9.53 Å². The number of fused-ring (bicyclic) bond motifs is 5. The molecular weight excluding hydrogens is 356 g/mol. The van der Waals surface area contributed by atoms with E-state index >= 15 is 0 Å². The van der Waals surface area contributed by atoms with Crippen LogP contribution in [0, 0.1) is 34.5 Å². The Bertz CT molecular complexity index is 718. The monoisotopic (exact) mass is 390 g/mol. The summed E-state index contributed by atoms with van der Waals surface area (Å²) in [6, 6.07) is 0. The number of esters is 1. The highest BCUT2D eigenvalue weighted by atomic mass is 16.5. The fourth-order valence-electron chi connectivity index (χ4n) is 8.47. The van der Waals surface area contributed by atoms with Gasteiger partial charge in [-0.15, -0.1) is 0 Å². The summed E-state index contributed by atoms with van der Waals surface area (Å²) >= 11 is 0. The van der Waals surface area contributed by atoms with Crippen molar-refractivity contribution in [3.05, 3.63) is 11.6 Å². The second kappa shape index (κ2) is 6.05. The fraction of sp³-hybridized carbons (Fsp3) is 0.870. The minimum Gasteiger partial charge on any atom is -0.458 e. The van der Waals surface area contributed by atoms with E-state index in [1.807, 2.05) is 0 Å². The van der Waals surface area contributed by atoms with Crippen molar-refractivity contribution in [2.24, 2.45) is 34.5 Å². The lowest BCUT2D eigenvalue weighted by molar-refractivity contribution is -0.208. The molecule has 1 aliphatic heterocycles. The molecule has 1 heterocycles. The molecule has 5 heteroatoms. The SMILES string of the molecule is C[C@@]12CC[C@@H](O)C[C@@H]1CC[C@@H]1[C@@H]2CC[C@]2(C)[C@H](C3=CC(=O)OC3)[C@H](O)C[C@]12O. The van der Waals surface area contributed by atoms with E-state index in [0.29, 0.717) is 18.3 Å². The van der Waals surface area contributed by atoms with E-state index in [4.69, 9.17) is 4.74 Å². The van der Waals surface area contributed by atoms with Crippen LogP contribution < -0.4 is 0 Å². The van der Waals surface area contributed by atoms with Gasteiger partial charge in [0.05, 0.1) is 17.8 Å². The van der Waals surface area contributed by atoms with E-state index in [0.717, 1.165) is 50.5 Å². The highest BCUT2D eigenvalue weighted by Crippen LogP contribution is 2.69. The summed E-state index contributed by atoms with van der Waals surface area (Å²) < 4.78 is 5.14. The number of aliphatic hydroxyl groups excluding tert-OH is 2. The lowest BCUT2D eigenvalue weighted by atomic mass is 9.43. The summed E-state index contributed by atoms with van der Waals surface area (Å²) in [5.41, 5.74) is -0.301. The molecule has 28 heavy (non-hydrogen) atoms. The first-order valence-corrected chi connectivity index (χ1v) is 11.1. The molecule has 0 saturated heterocycles. The van der Waals surface area contributed by atoms with Gasteiger partial charge >= 0.3 is 5.97 Å². The molecule has 0 aromatic heterocycles. The second-order valence-electron chi connectivity index (χ2n) is 10.9. The molecule has 0 aromatic rings. The van der Waals surface area contributed by atoms with Gasteiger partial charge in [0, 0.05) is 23.8 Å². The van der Waals surface area contributed by atoms with Crippen molar-refractivity contribution < 1.29 is 24.9 Å². The Labute approximate surface area is 167 Å². The van der Waals surface area contributed by atoms with E-state index in [1.165, 1.54) is 6.08 Å². The predicted octanol–water partition coefficient (Wildman–Crippen LogP) is 2.58. The van der Waals surface area contributed by atoms with Crippen molar-refractivity contribution in [2.75, 3.05) is 6.61 Å². The van der Waals surface area contributed by atoms with Crippen LogP contribution in [0.5, 0.6) is 0 Å². The lowest BCUT2D eigenvalue weighted by Gasteiger charge is -2.63. The van der Waals surface area contributed by atoms with Crippen molar-refractivity contribution in [2.45, 2.75) is 83.0 Å². The molecule has 5 nitrogen and oxygen atoms in total. The molecule has 4 aliphatic carbocycles. The number of ether oxygens (including phenoxy) is 1. The van der Waals surface area contributed by atoms with Crippen LogP contribution in [-0.4, -0.2) is 45.7 Å². The van der Waals surface area contributed by atoms with E-state index in [1.54, 1.807) is 0 Å². The number of aliphatic hydroxyl groups is 3. The van der Waals surface area contributed by atoms with Crippen LogP contribution in [0.4, 0.5) is 0 Å². The maximum absolute atomic E-state index is 12.1. The average molecular weight is 391 g/mol. The van der Waals surface area contributed by atoms with Gasteiger partial charge in [-0.05, 0) is 73.7 Å². The molecule has 5 aliphatic rings. The van der Waals surface area contributed by atoms with Gasteiger partial charge in [0.2, 0.25) is 0 Å². The van der Waals surface area contributed by atoms with Crippen LogP contribution in [0.2, 0.25) is 0 Å². The van der Waals surface area contributed by atoms with Crippen LogP contribution >= 0.6 is 0 Å². The Balaban J connectivity index is 1.50. The van der Waals surface area contributed by atoms with Crippen molar-refractivity contribution in [3.8, 4) is 0 Å². The first-order chi connectivity index (χ1) is 13.2. The molecule has 0 aromatic carbocycles. The summed E-state index contributed by atoms with van der Waals surface area (Å²) in [5, 5.41) is 33.3. The van der Waals surface area contributed by atoms with E-state index in [9.17, 15) is 20.1 Å². The predicted molar refractivity (Wildman–Crippen MR) is 103 cm³/mol. The summed E-state index contributed by atoms with van der Waals surface area (Å²) in [6.45, 7) is 4.77. The van der Waals surface area contributed by atoms with E-state index in [-0.39, 0.29) is 35.9 Å². The Morgan fingerprint density at radius 1 is 1.07 bits per heavy atom. The fourth-order valence-corrected chi connectivity index (χ4v) is 8.47. The highest BCUT2D eigenvalue weighted by molar-refractivity contribution is 5.85. The van der Waals surface area contributed by atoms with Gasteiger partial charge in [-0.2, -0.15) is 0 Å². The first-order valence-electron chi connectivity index (χ1n) is 11.1. The van der Waals surface area contributed by atoms with Gasteiger partial charge in [-0.1, -0.05) is 13.8 Å². The topological polar surface area (TPSA) is 87.0 Å². The van der Waals surface area contributed by atoms with Gasteiger partial charge in [-0.3, -0.25) is 0 Å². The summed E-state index contributed by atoms with van der Waals surface area (Å²) in [7, 11) is 0. The quantitative estimate of drug-likeness (QED) is 0.599. The number of carbonyl (C=O) groups excluding carboxylic acids is 1. The molecule has 4 fully saturated rings. The van der Waals surface area contributed by atoms with Crippen LogP contribution in [0.15, 0.2) is 11.6 Å². The zero-order valence-electron chi connectivity index (χ0n) is 17.1. The Hall–Kier alpha value is -0.910.